The van der Waals surface area contributed by atoms with E-state index in [0.717, 1.165) is 11.3 Å². The number of carboxylic acids is 1. The third-order valence-electron chi connectivity index (χ3n) is 7.21. The second-order valence-electron chi connectivity index (χ2n) is 10.7. The van der Waals surface area contributed by atoms with Crippen LogP contribution in [0, 0.1) is 6.92 Å². The number of carbonyl (C=O) groups is 2. The smallest absolute Gasteiger partial charge is 0.335 e. The molecular formula is C29H33NO4. The highest BCUT2D eigenvalue weighted by Crippen LogP contribution is 2.46. The maximum atomic E-state index is 12.6. The lowest BCUT2D eigenvalue weighted by molar-refractivity contribution is 0.0696. The SMILES string of the molecule is Cc1cc2c(cc1Cc1ccc(C(=O)NCc3ccc(C(=O)O)cc3)o1)C(C)(C)CCC2(C)C. The molecule has 2 N–H and O–H groups in total. The van der Waals surface area contributed by atoms with Gasteiger partial charge in [0.25, 0.3) is 5.91 Å². The van der Waals surface area contributed by atoms with Gasteiger partial charge >= 0.3 is 5.97 Å². The third kappa shape index (κ3) is 4.79. The number of carboxylic acid groups (broad SMARTS) is 1. The molecule has 1 aliphatic carbocycles. The molecule has 5 heteroatoms. The zero-order chi connectivity index (χ0) is 24.7. The normalized spacial score (nSPS) is 16.0. The molecule has 0 bridgehead atoms. The summed E-state index contributed by atoms with van der Waals surface area (Å²) in [7, 11) is 0. The Morgan fingerprint density at radius 1 is 0.941 bits per heavy atom. The molecule has 1 amide bonds. The van der Waals surface area contributed by atoms with Gasteiger partial charge in [0.1, 0.15) is 5.76 Å². The van der Waals surface area contributed by atoms with E-state index >= 15 is 0 Å². The third-order valence-corrected chi connectivity index (χ3v) is 7.21. The molecule has 5 nitrogen and oxygen atoms in total. The first-order valence-corrected chi connectivity index (χ1v) is 11.8. The number of hydrogen-bond acceptors (Lipinski definition) is 3. The van der Waals surface area contributed by atoms with Crippen molar-refractivity contribution in [3.63, 3.8) is 0 Å². The quantitative estimate of drug-likeness (QED) is 0.463. The first-order chi connectivity index (χ1) is 16.0. The summed E-state index contributed by atoms with van der Waals surface area (Å²) in [5.41, 5.74) is 6.70. The number of fused-ring (bicyclic) bond motifs is 1. The lowest BCUT2D eigenvalue weighted by Crippen LogP contribution is -2.34. The van der Waals surface area contributed by atoms with E-state index in [0.29, 0.717) is 13.0 Å². The largest absolute Gasteiger partial charge is 0.478 e. The van der Waals surface area contributed by atoms with E-state index in [4.69, 9.17) is 9.52 Å². The number of hydrogen-bond donors (Lipinski definition) is 2. The summed E-state index contributed by atoms with van der Waals surface area (Å²) >= 11 is 0. The van der Waals surface area contributed by atoms with Crippen LogP contribution in [0.15, 0.2) is 52.9 Å². The van der Waals surface area contributed by atoms with Crippen molar-refractivity contribution in [1.82, 2.24) is 5.32 Å². The van der Waals surface area contributed by atoms with Gasteiger partial charge in [-0.2, -0.15) is 0 Å². The van der Waals surface area contributed by atoms with E-state index in [9.17, 15) is 9.59 Å². The maximum absolute atomic E-state index is 12.6. The highest BCUT2D eigenvalue weighted by molar-refractivity contribution is 5.91. The average Bonchev–Trinajstić information content (AvgIpc) is 3.25. The molecule has 1 aliphatic rings. The monoisotopic (exact) mass is 459 g/mol. The van der Waals surface area contributed by atoms with E-state index in [-0.39, 0.29) is 28.1 Å². The van der Waals surface area contributed by atoms with Crippen molar-refractivity contribution in [2.24, 2.45) is 0 Å². The van der Waals surface area contributed by atoms with Crippen molar-refractivity contribution in [3.05, 3.63) is 93.4 Å². The van der Waals surface area contributed by atoms with Crippen LogP contribution in [0.2, 0.25) is 0 Å². The van der Waals surface area contributed by atoms with E-state index in [1.807, 2.05) is 6.07 Å². The number of benzene rings is 2. The van der Waals surface area contributed by atoms with Crippen molar-refractivity contribution in [2.75, 3.05) is 0 Å². The minimum absolute atomic E-state index is 0.143. The summed E-state index contributed by atoms with van der Waals surface area (Å²) in [4.78, 5) is 23.5. The minimum Gasteiger partial charge on any atom is -0.478 e. The van der Waals surface area contributed by atoms with Gasteiger partial charge in [0.05, 0.1) is 5.56 Å². The van der Waals surface area contributed by atoms with Gasteiger partial charge < -0.3 is 14.8 Å². The molecule has 0 saturated heterocycles. The molecule has 178 valence electrons. The van der Waals surface area contributed by atoms with Gasteiger partial charge in [0.2, 0.25) is 0 Å². The van der Waals surface area contributed by atoms with E-state index in [2.05, 4.69) is 52.1 Å². The Morgan fingerprint density at radius 2 is 1.56 bits per heavy atom. The number of amides is 1. The number of nitrogens with one attached hydrogen (secondary N) is 1. The molecule has 1 heterocycles. The van der Waals surface area contributed by atoms with E-state index in [1.54, 1.807) is 18.2 Å². The van der Waals surface area contributed by atoms with Gasteiger partial charge in [0, 0.05) is 13.0 Å². The summed E-state index contributed by atoms with van der Waals surface area (Å²) < 4.78 is 5.89. The maximum Gasteiger partial charge on any atom is 0.335 e. The van der Waals surface area contributed by atoms with Crippen LogP contribution in [0.3, 0.4) is 0 Å². The molecule has 0 fully saturated rings. The zero-order valence-corrected chi connectivity index (χ0v) is 20.6. The van der Waals surface area contributed by atoms with Crippen molar-refractivity contribution >= 4 is 11.9 Å². The topological polar surface area (TPSA) is 79.5 Å². The Hall–Kier alpha value is -3.34. The fourth-order valence-corrected chi connectivity index (χ4v) is 4.77. The molecular weight excluding hydrogens is 426 g/mol. The van der Waals surface area contributed by atoms with Crippen molar-refractivity contribution < 1.29 is 19.1 Å². The molecule has 0 atom stereocenters. The standard InChI is InChI=1S/C29H33NO4/c1-18-14-23-24(29(4,5)13-12-28(23,2)3)16-21(18)15-22-10-11-25(34-22)26(31)30-17-19-6-8-20(9-7-19)27(32)33/h6-11,14,16H,12-13,15,17H2,1-5H3,(H,30,31)(H,32,33). The number of aromatic carboxylic acids is 1. The van der Waals surface area contributed by atoms with Crippen molar-refractivity contribution in [2.45, 2.75) is 71.3 Å². The Balaban J connectivity index is 1.46. The number of furan rings is 1. The molecule has 4 rings (SSSR count). The Labute approximate surface area is 201 Å². The summed E-state index contributed by atoms with van der Waals surface area (Å²) in [6, 6.07) is 14.7. The van der Waals surface area contributed by atoms with Crippen LogP contribution in [0.5, 0.6) is 0 Å². The second-order valence-corrected chi connectivity index (χ2v) is 10.7. The molecule has 0 spiro atoms. The van der Waals surface area contributed by atoms with Crippen LogP contribution >= 0.6 is 0 Å². The van der Waals surface area contributed by atoms with Crippen LogP contribution in [-0.4, -0.2) is 17.0 Å². The molecule has 0 aliphatic heterocycles. The van der Waals surface area contributed by atoms with Gasteiger partial charge in [0.15, 0.2) is 5.76 Å². The van der Waals surface area contributed by atoms with E-state index in [1.165, 1.54) is 47.2 Å². The van der Waals surface area contributed by atoms with Crippen LogP contribution in [-0.2, 0) is 23.8 Å². The van der Waals surface area contributed by atoms with Crippen LogP contribution in [0.4, 0.5) is 0 Å². The summed E-state index contributed by atoms with van der Waals surface area (Å²) in [6.45, 7) is 11.8. The molecule has 1 aromatic heterocycles. The summed E-state index contributed by atoms with van der Waals surface area (Å²) in [5.74, 6) is -0.236. The predicted octanol–water partition coefficient (Wildman–Crippen LogP) is 6.16. The van der Waals surface area contributed by atoms with Crippen LogP contribution in [0.25, 0.3) is 0 Å². The average molecular weight is 460 g/mol. The highest BCUT2D eigenvalue weighted by Gasteiger charge is 2.37. The Bertz CT molecular complexity index is 1230. The highest BCUT2D eigenvalue weighted by atomic mass is 16.4. The molecule has 3 aromatic rings. The molecule has 0 saturated carbocycles. The molecule has 0 unspecified atom stereocenters. The molecule has 34 heavy (non-hydrogen) atoms. The molecule has 2 aromatic carbocycles. The number of rotatable bonds is 6. The fraction of sp³-hybridized carbons (Fsp3) is 0.379. The van der Waals surface area contributed by atoms with E-state index < -0.39 is 5.97 Å². The zero-order valence-electron chi connectivity index (χ0n) is 20.6. The van der Waals surface area contributed by atoms with Gasteiger partial charge in [-0.15, -0.1) is 0 Å². The second kappa shape index (κ2) is 8.79. The summed E-state index contributed by atoms with van der Waals surface area (Å²) in [6.07, 6.45) is 2.99. The number of aryl methyl sites for hydroxylation is 1. The first-order valence-electron chi connectivity index (χ1n) is 11.8. The lowest BCUT2D eigenvalue weighted by atomic mass is 9.62. The van der Waals surface area contributed by atoms with Crippen molar-refractivity contribution in [3.8, 4) is 0 Å². The Kier molecular flexibility index (Phi) is 6.15. The van der Waals surface area contributed by atoms with Crippen LogP contribution in [0.1, 0.15) is 95.0 Å². The van der Waals surface area contributed by atoms with Gasteiger partial charge in [-0.25, -0.2) is 4.79 Å². The van der Waals surface area contributed by atoms with Gasteiger partial charge in [-0.1, -0.05) is 52.0 Å². The van der Waals surface area contributed by atoms with Gasteiger partial charge in [-0.05, 0) is 82.7 Å². The first kappa shape index (κ1) is 23.8. The Morgan fingerprint density at radius 3 is 2.18 bits per heavy atom. The lowest BCUT2D eigenvalue weighted by Gasteiger charge is -2.42. The van der Waals surface area contributed by atoms with Crippen molar-refractivity contribution in [1.29, 1.82) is 0 Å². The fourth-order valence-electron chi connectivity index (χ4n) is 4.77. The van der Waals surface area contributed by atoms with Crippen LogP contribution < -0.4 is 5.32 Å². The molecule has 0 radical (unpaired) electrons. The van der Waals surface area contributed by atoms with Gasteiger partial charge in [-0.3, -0.25) is 4.79 Å². The number of carbonyl (C=O) groups excluding carboxylic acids is 1. The summed E-state index contributed by atoms with van der Waals surface area (Å²) in [5, 5.41) is 11.8. The minimum atomic E-state index is -0.972. The predicted molar refractivity (Wildman–Crippen MR) is 133 cm³/mol.